The molecule has 198 valence electrons. The molecular formula is C28H52N2O4. The number of nitrogens with one attached hydrogen (secondary N) is 2. The molecule has 0 aliphatic heterocycles. The van der Waals surface area contributed by atoms with Crippen molar-refractivity contribution in [2.45, 2.75) is 100 Å². The first kappa shape index (κ1) is 29.1. The minimum atomic E-state index is -0.431. The van der Waals surface area contributed by atoms with Gasteiger partial charge in [-0.15, -0.1) is 0 Å². The number of hydrogen-bond donors (Lipinski definition) is 4. The van der Waals surface area contributed by atoms with Crippen molar-refractivity contribution in [1.82, 2.24) is 10.6 Å². The van der Waals surface area contributed by atoms with Crippen LogP contribution >= 0.6 is 0 Å². The molecule has 8 atom stereocenters. The summed E-state index contributed by atoms with van der Waals surface area (Å²) in [4.78, 5) is 23.2. The molecule has 6 nitrogen and oxygen atoms in total. The largest absolute Gasteiger partial charge is 0.393 e. The standard InChI is InChI=1S/C28H52N2O4/c1-16(21-10-19(14-29-17(2)31)12-23(25(21)33)27(4,5)6)22-11-20(15-30-18(3)32)13-24(26(22)34)28(7,8)9/h16,19-26,33-34H,10-15H2,1-9H3,(H,29,31)(H,30,32). The summed E-state index contributed by atoms with van der Waals surface area (Å²) in [5, 5.41) is 29.2. The molecule has 6 heteroatoms. The van der Waals surface area contributed by atoms with Gasteiger partial charge in [0.15, 0.2) is 0 Å². The number of carbonyl (C=O) groups is 2. The summed E-state index contributed by atoms with van der Waals surface area (Å²) in [6.07, 6.45) is 2.65. The third-order valence-corrected chi connectivity index (χ3v) is 8.94. The summed E-state index contributed by atoms with van der Waals surface area (Å²) in [5.74, 6) is 1.16. The van der Waals surface area contributed by atoms with Crippen molar-refractivity contribution in [3.05, 3.63) is 0 Å². The maximum atomic E-state index is 11.6. The maximum absolute atomic E-state index is 11.6. The van der Waals surface area contributed by atoms with Crippen LogP contribution < -0.4 is 10.6 Å². The highest BCUT2D eigenvalue weighted by Crippen LogP contribution is 2.51. The predicted octanol–water partition coefficient (Wildman–Crippen LogP) is 3.99. The Hall–Kier alpha value is -1.14. The van der Waals surface area contributed by atoms with Gasteiger partial charge in [-0.05, 0) is 77.9 Å². The summed E-state index contributed by atoms with van der Waals surface area (Å²) in [5.41, 5.74) is -0.0846. The molecule has 0 aromatic carbocycles. The van der Waals surface area contributed by atoms with Gasteiger partial charge < -0.3 is 20.8 Å². The molecule has 0 aromatic rings. The van der Waals surface area contributed by atoms with Gasteiger partial charge in [0.05, 0.1) is 12.2 Å². The minimum absolute atomic E-state index is 0.0143. The van der Waals surface area contributed by atoms with Gasteiger partial charge in [0, 0.05) is 26.9 Å². The van der Waals surface area contributed by atoms with Gasteiger partial charge in [-0.25, -0.2) is 0 Å². The number of aliphatic hydroxyl groups is 2. The third kappa shape index (κ3) is 7.43. The molecule has 2 rings (SSSR count). The Morgan fingerprint density at radius 2 is 1.06 bits per heavy atom. The molecule has 2 fully saturated rings. The summed E-state index contributed by atoms with van der Waals surface area (Å²) in [7, 11) is 0. The fourth-order valence-electron chi connectivity index (χ4n) is 6.84. The van der Waals surface area contributed by atoms with Gasteiger partial charge in [-0.3, -0.25) is 9.59 Å². The minimum Gasteiger partial charge on any atom is -0.393 e. The Morgan fingerprint density at radius 1 is 0.735 bits per heavy atom. The molecule has 0 radical (unpaired) electrons. The summed E-state index contributed by atoms with van der Waals surface area (Å²) in [6.45, 7) is 19.8. The number of rotatable bonds is 6. The van der Waals surface area contributed by atoms with Gasteiger partial charge in [0.25, 0.3) is 0 Å². The number of hydrogen-bond acceptors (Lipinski definition) is 4. The molecule has 0 bridgehead atoms. The Morgan fingerprint density at radius 3 is 1.32 bits per heavy atom. The Kier molecular flexibility index (Phi) is 9.65. The second kappa shape index (κ2) is 11.3. The molecular weight excluding hydrogens is 428 g/mol. The van der Waals surface area contributed by atoms with Crippen molar-refractivity contribution in [3.8, 4) is 0 Å². The van der Waals surface area contributed by atoms with Gasteiger partial charge in [0.2, 0.25) is 11.8 Å². The third-order valence-electron chi connectivity index (χ3n) is 8.94. The van der Waals surface area contributed by atoms with Crippen LogP contribution in [0.1, 0.15) is 88.0 Å². The highest BCUT2D eigenvalue weighted by atomic mass is 16.3. The summed E-state index contributed by atoms with van der Waals surface area (Å²) < 4.78 is 0. The van der Waals surface area contributed by atoms with Crippen LogP contribution in [0, 0.1) is 52.3 Å². The van der Waals surface area contributed by atoms with Crippen molar-refractivity contribution in [3.63, 3.8) is 0 Å². The van der Waals surface area contributed by atoms with E-state index in [9.17, 15) is 19.8 Å². The number of carbonyl (C=O) groups excluding carboxylic acids is 2. The fraction of sp³-hybridized carbons (Fsp3) is 0.929. The zero-order valence-electron chi connectivity index (χ0n) is 23.1. The van der Waals surface area contributed by atoms with Gasteiger partial charge >= 0.3 is 0 Å². The van der Waals surface area contributed by atoms with E-state index in [4.69, 9.17) is 0 Å². The van der Waals surface area contributed by atoms with Crippen LogP contribution in [0.2, 0.25) is 0 Å². The van der Waals surface area contributed by atoms with E-state index in [-0.39, 0.29) is 52.2 Å². The normalized spacial score (nSPS) is 36.0. The average molecular weight is 481 g/mol. The van der Waals surface area contributed by atoms with Gasteiger partial charge in [-0.2, -0.15) is 0 Å². The maximum Gasteiger partial charge on any atom is 0.216 e. The van der Waals surface area contributed by atoms with E-state index in [2.05, 4.69) is 59.1 Å². The van der Waals surface area contributed by atoms with Gasteiger partial charge in [0.1, 0.15) is 0 Å². The molecule has 8 unspecified atom stereocenters. The molecule has 0 aromatic heterocycles. The second-order valence-corrected chi connectivity index (χ2v) is 13.7. The monoisotopic (exact) mass is 480 g/mol. The van der Waals surface area contributed by atoms with Crippen LogP contribution in [-0.2, 0) is 9.59 Å². The van der Waals surface area contributed by atoms with E-state index in [0.717, 1.165) is 25.7 Å². The van der Waals surface area contributed by atoms with Crippen LogP contribution in [0.4, 0.5) is 0 Å². The zero-order chi connectivity index (χ0) is 26.0. The molecule has 0 heterocycles. The number of aliphatic hydroxyl groups excluding tert-OH is 2. The molecule has 0 saturated heterocycles. The first-order chi connectivity index (χ1) is 15.5. The SMILES string of the molecule is CC(=O)NCC1CC(C(C)C2CC(CNC(C)=O)CC(C(C)(C)C)C2O)C(O)C(C(C)(C)C)C1. The summed E-state index contributed by atoms with van der Waals surface area (Å²) >= 11 is 0. The van der Waals surface area contributed by atoms with E-state index in [1.165, 1.54) is 0 Å². The average Bonchev–Trinajstić information content (AvgIpc) is 2.69. The topological polar surface area (TPSA) is 98.7 Å². The van der Waals surface area contributed by atoms with E-state index in [1.54, 1.807) is 13.8 Å². The molecule has 4 N–H and O–H groups in total. The lowest BCUT2D eigenvalue weighted by atomic mass is 9.56. The van der Waals surface area contributed by atoms with Crippen LogP contribution in [0.15, 0.2) is 0 Å². The predicted molar refractivity (Wildman–Crippen MR) is 137 cm³/mol. The quantitative estimate of drug-likeness (QED) is 0.462. The fourth-order valence-corrected chi connectivity index (χ4v) is 6.84. The van der Waals surface area contributed by atoms with E-state index >= 15 is 0 Å². The molecule has 2 amide bonds. The molecule has 2 saturated carbocycles. The lowest BCUT2D eigenvalue weighted by Gasteiger charge is -2.52. The highest BCUT2D eigenvalue weighted by Gasteiger charge is 2.49. The highest BCUT2D eigenvalue weighted by molar-refractivity contribution is 5.73. The first-order valence-electron chi connectivity index (χ1n) is 13.4. The van der Waals surface area contributed by atoms with E-state index < -0.39 is 12.2 Å². The van der Waals surface area contributed by atoms with Crippen molar-refractivity contribution < 1.29 is 19.8 Å². The molecule has 34 heavy (non-hydrogen) atoms. The molecule has 2 aliphatic carbocycles. The lowest BCUT2D eigenvalue weighted by Crippen LogP contribution is -2.52. The Balaban J connectivity index is 2.31. The van der Waals surface area contributed by atoms with Crippen molar-refractivity contribution in [2.75, 3.05) is 13.1 Å². The van der Waals surface area contributed by atoms with Crippen molar-refractivity contribution >= 4 is 11.8 Å². The summed E-state index contributed by atoms with van der Waals surface area (Å²) in [6, 6.07) is 0. The van der Waals surface area contributed by atoms with Crippen LogP contribution in [0.25, 0.3) is 0 Å². The zero-order valence-corrected chi connectivity index (χ0v) is 23.1. The van der Waals surface area contributed by atoms with E-state index in [1.807, 2.05) is 0 Å². The van der Waals surface area contributed by atoms with Crippen LogP contribution in [-0.4, -0.2) is 47.3 Å². The molecule has 0 spiro atoms. The van der Waals surface area contributed by atoms with Crippen molar-refractivity contribution in [1.29, 1.82) is 0 Å². The number of amides is 2. The Bertz CT molecular complexity index is 638. The second-order valence-electron chi connectivity index (χ2n) is 13.7. The van der Waals surface area contributed by atoms with E-state index in [0.29, 0.717) is 24.9 Å². The smallest absolute Gasteiger partial charge is 0.216 e. The van der Waals surface area contributed by atoms with Gasteiger partial charge in [-0.1, -0.05) is 48.5 Å². The first-order valence-corrected chi connectivity index (χ1v) is 13.4. The molecule has 2 aliphatic rings. The van der Waals surface area contributed by atoms with Crippen LogP contribution in [0.3, 0.4) is 0 Å². The van der Waals surface area contributed by atoms with Crippen molar-refractivity contribution in [2.24, 2.45) is 52.3 Å². The lowest BCUT2D eigenvalue weighted by molar-refractivity contribution is -0.121. The van der Waals surface area contributed by atoms with Crippen LogP contribution in [0.5, 0.6) is 0 Å². The Labute approximate surface area is 208 Å².